The van der Waals surface area contributed by atoms with Crippen molar-refractivity contribution in [3.8, 4) is 11.1 Å². The Bertz CT molecular complexity index is 1180. The number of carbonyl (C=O) groups is 2. The van der Waals surface area contributed by atoms with Crippen LogP contribution in [0.15, 0.2) is 39.8 Å². The van der Waals surface area contributed by atoms with Crippen LogP contribution in [-0.2, 0) is 23.2 Å². The van der Waals surface area contributed by atoms with Gasteiger partial charge in [0.1, 0.15) is 17.2 Å². The maximum absolute atomic E-state index is 12.7. The summed E-state index contributed by atoms with van der Waals surface area (Å²) in [6, 6.07) is 5.29. The van der Waals surface area contributed by atoms with E-state index in [9.17, 15) is 14.4 Å². The van der Waals surface area contributed by atoms with Gasteiger partial charge in [0.15, 0.2) is 0 Å². The average Bonchev–Trinajstić information content (AvgIpc) is 3.00. The lowest BCUT2D eigenvalue weighted by Gasteiger charge is -2.16. The van der Waals surface area contributed by atoms with Crippen molar-refractivity contribution in [1.29, 1.82) is 0 Å². The van der Waals surface area contributed by atoms with Crippen LogP contribution in [0.25, 0.3) is 22.1 Å². The van der Waals surface area contributed by atoms with E-state index in [-0.39, 0.29) is 17.4 Å². The van der Waals surface area contributed by atoms with Gasteiger partial charge in [0.2, 0.25) is 11.8 Å². The number of anilines is 1. The molecule has 0 radical (unpaired) electrons. The summed E-state index contributed by atoms with van der Waals surface area (Å²) in [7, 11) is 1.69. The molecular formula is C21H23N5O4. The molecule has 1 aliphatic rings. The zero-order valence-electron chi connectivity index (χ0n) is 16.9. The fourth-order valence-electron chi connectivity index (χ4n) is 3.66. The zero-order valence-corrected chi connectivity index (χ0v) is 16.9. The van der Waals surface area contributed by atoms with Crippen LogP contribution >= 0.6 is 0 Å². The van der Waals surface area contributed by atoms with Gasteiger partial charge in [-0.05, 0) is 30.2 Å². The lowest BCUT2D eigenvalue weighted by molar-refractivity contribution is -0.121. The highest BCUT2D eigenvalue weighted by molar-refractivity contribution is 5.93. The Balaban J connectivity index is 1.74. The second-order valence-corrected chi connectivity index (χ2v) is 7.44. The molecule has 4 heterocycles. The molecule has 9 nitrogen and oxygen atoms in total. The minimum Gasteiger partial charge on any atom is -0.459 e. The first-order chi connectivity index (χ1) is 14.4. The van der Waals surface area contributed by atoms with E-state index < -0.39 is 0 Å². The maximum atomic E-state index is 12.7. The van der Waals surface area contributed by atoms with Crippen LogP contribution in [0, 0.1) is 0 Å². The lowest BCUT2D eigenvalue weighted by atomic mass is 10.1. The van der Waals surface area contributed by atoms with Gasteiger partial charge >= 0.3 is 0 Å². The van der Waals surface area contributed by atoms with Gasteiger partial charge in [-0.3, -0.25) is 19.3 Å². The number of nitrogens with zero attached hydrogens (tertiary/aromatic N) is 3. The maximum Gasteiger partial charge on any atom is 0.261 e. The second kappa shape index (κ2) is 8.11. The quantitative estimate of drug-likeness (QED) is 0.675. The summed E-state index contributed by atoms with van der Waals surface area (Å²) in [5.41, 5.74) is 1.81. The van der Waals surface area contributed by atoms with Crippen LogP contribution < -0.4 is 16.2 Å². The molecule has 1 aliphatic heterocycles. The van der Waals surface area contributed by atoms with E-state index in [0.29, 0.717) is 42.2 Å². The van der Waals surface area contributed by atoms with Crippen molar-refractivity contribution in [2.24, 2.45) is 7.05 Å². The molecule has 9 heteroatoms. The Hall–Kier alpha value is -3.46. The molecule has 156 valence electrons. The number of pyridine rings is 2. The Labute approximate surface area is 172 Å². The van der Waals surface area contributed by atoms with Crippen molar-refractivity contribution in [2.75, 3.05) is 25.0 Å². The largest absolute Gasteiger partial charge is 0.459 e. The molecule has 0 aromatic carbocycles. The number of amides is 2. The Morgan fingerprint density at radius 1 is 1.33 bits per heavy atom. The molecule has 3 aromatic rings. The molecule has 3 aromatic heterocycles. The monoisotopic (exact) mass is 409 g/mol. The number of carbonyl (C=O) groups excluding carboxylic acids is 2. The van der Waals surface area contributed by atoms with E-state index >= 15 is 0 Å². The van der Waals surface area contributed by atoms with Crippen molar-refractivity contribution >= 4 is 28.6 Å². The summed E-state index contributed by atoms with van der Waals surface area (Å²) in [5, 5.41) is 5.99. The third kappa shape index (κ3) is 4.11. The van der Waals surface area contributed by atoms with Crippen LogP contribution in [-0.4, -0.2) is 45.9 Å². The molecule has 2 N–H and O–H groups in total. The number of hydrogen-bond donors (Lipinski definition) is 2. The summed E-state index contributed by atoms with van der Waals surface area (Å²) in [5.74, 6) is 0.819. The first kappa shape index (κ1) is 19.8. The van der Waals surface area contributed by atoms with E-state index in [0.717, 1.165) is 24.1 Å². The number of hydrogen-bond acceptors (Lipinski definition) is 6. The zero-order chi connectivity index (χ0) is 21.3. The standard InChI is InChI=1S/C21H23N5O4/c1-13(27)24-18-8-14(4-6-22-18)17-11-25(2)21(29)16-9-15(30-20(16)17)10-26-7-3-5-23-19(28)12-26/h4,6,8-9,11H,3,5,7,10,12H2,1-2H3,(H,23,28)(H,22,24,27). The van der Waals surface area contributed by atoms with Gasteiger partial charge in [-0.15, -0.1) is 0 Å². The molecule has 1 saturated heterocycles. The fourth-order valence-corrected chi connectivity index (χ4v) is 3.66. The van der Waals surface area contributed by atoms with Gasteiger partial charge < -0.3 is 19.6 Å². The first-order valence-corrected chi connectivity index (χ1v) is 9.76. The molecule has 0 atom stereocenters. The Morgan fingerprint density at radius 2 is 2.17 bits per heavy atom. The normalized spacial score (nSPS) is 15.1. The highest BCUT2D eigenvalue weighted by Gasteiger charge is 2.19. The van der Waals surface area contributed by atoms with Gasteiger partial charge in [0.05, 0.1) is 18.5 Å². The number of furan rings is 1. The third-order valence-corrected chi connectivity index (χ3v) is 5.00. The van der Waals surface area contributed by atoms with Gasteiger partial charge in [-0.25, -0.2) is 4.98 Å². The number of aryl methyl sites for hydroxylation is 1. The summed E-state index contributed by atoms with van der Waals surface area (Å²) >= 11 is 0. The summed E-state index contributed by atoms with van der Waals surface area (Å²) < 4.78 is 7.60. The summed E-state index contributed by atoms with van der Waals surface area (Å²) in [6.45, 7) is 3.59. The van der Waals surface area contributed by atoms with E-state index in [2.05, 4.69) is 15.6 Å². The number of aromatic nitrogens is 2. The van der Waals surface area contributed by atoms with Crippen molar-refractivity contribution in [3.63, 3.8) is 0 Å². The first-order valence-electron chi connectivity index (χ1n) is 9.76. The Morgan fingerprint density at radius 3 is 2.97 bits per heavy atom. The average molecular weight is 409 g/mol. The van der Waals surface area contributed by atoms with Gasteiger partial charge in [-0.1, -0.05) is 0 Å². The molecule has 30 heavy (non-hydrogen) atoms. The molecule has 1 fully saturated rings. The molecular weight excluding hydrogens is 386 g/mol. The van der Waals surface area contributed by atoms with E-state index in [1.807, 2.05) is 4.90 Å². The van der Waals surface area contributed by atoms with Crippen molar-refractivity contribution in [2.45, 2.75) is 19.9 Å². The minimum absolute atomic E-state index is 0.0116. The van der Waals surface area contributed by atoms with E-state index in [1.165, 1.54) is 11.5 Å². The molecule has 0 unspecified atom stereocenters. The van der Waals surface area contributed by atoms with Gasteiger partial charge in [0.25, 0.3) is 5.56 Å². The van der Waals surface area contributed by atoms with Gasteiger partial charge in [0, 0.05) is 45.0 Å². The summed E-state index contributed by atoms with van der Waals surface area (Å²) in [6.07, 6.45) is 4.17. The van der Waals surface area contributed by atoms with E-state index in [1.54, 1.807) is 37.6 Å². The molecule has 4 rings (SSSR count). The highest BCUT2D eigenvalue weighted by Crippen LogP contribution is 2.30. The van der Waals surface area contributed by atoms with Crippen LogP contribution in [0.3, 0.4) is 0 Å². The molecule has 0 bridgehead atoms. The van der Waals surface area contributed by atoms with Crippen molar-refractivity contribution in [3.05, 3.63) is 46.7 Å². The molecule has 0 aliphatic carbocycles. The molecule has 2 amide bonds. The predicted octanol–water partition coefficient (Wildman–Crippen LogP) is 1.47. The number of nitrogens with one attached hydrogen (secondary N) is 2. The smallest absolute Gasteiger partial charge is 0.261 e. The third-order valence-electron chi connectivity index (χ3n) is 5.00. The summed E-state index contributed by atoms with van der Waals surface area (Å²) in [4.78, 5) is 42.0. The highest BCUT2D eigenvalue weighted by atomic mass is 16.3. The number of rotatable bonds is 4. The lowest BCUT2D eigenvalue weighted by Crippen LogP contribution is -2.32. The van der Waals surface area contributed by atoms with Crippen molar-refractivity contribution < 1.29 is 14.0 Å². The molecule has 0 spiro atoms. The Kier molecular flexibility index (Phi) is 5.37. The van der Waals surface area contributed by atoms with Crippen LogP contribution in [0.1, 0.15) is 19.1 Å². The van der Waals surface area contributed by atoms with Crippen LogP contribution in [0.4, 0.5) is 5.82 Å². The topological polar surface area (TPSA) is 109 Å². The van der Waals surface area contributed by atoms with Crippen LogP contribution in [0.2, 0.25) is 0 Å². The SMILES string of the molecule is CC(=O)Nc1cc(-c2cn(C)c(=O)c3cc(CN4CCCNC(=O)C4)oc23)ccn1. The number of fused-ring (bicyclic) bond motifs is 1. The minimum atomic E-state index is -0.216. The predicted molar refractivity (Wildman–Crippen MR) is 112 cm³/mol. The van der Waals surface area contributed by atoms with Gasteiger partial charge in [-0.2, -0.15) is 0 Å². The van der Waals surface area contributed by atoms with Crippen molar-refractivity contribution in [1.82, 2.24) is 19.8 Å². The second-order valence-electron chi connectivity index (χ2n) is 7.44. The van der Waals surface area contributed by atoms with E-state index in [4.69, 9.17) is 4.42 Å². The molecule has 0 saturated carbocycles. The van der Waals surface area contributed by atoms with Crippen LogP contribution in [0.5, 0.6) is 0 Å². The fraction of sp³-hybridized carbons (Fsp3) is 0.333.